The molecule has 1 saturated heterocycles. The largest absolute Gasteiger partial charge is 0.354 e. The van der Waals surface area contributed by atoms with Gasteiger partial charge in [-0.3, -0.25) is 9.59 Å². The summed E-state index contributed by atoms with van der Waals surface area (Å²) < 4.78 is 1.81. The van der Waals surface area contributed by atoms with Crippen molar-refractivity contribution in [2.24, 2.45) is 0 Å². The Morgan fingerprint density at radius 1 is 1.32 bits per heavy atom. The van der Waals surface area contributed by atoms with E-state index in [1.807, 2.05) is 11.8 Å². The summed E-state index contributed by atoms with van der Waals surface area (Å²) in [7, 11) is 0. The number of likely N-dealkylation sites (tertiary alicyclic amines) is 1. The lowest BCUT2D eigenvalue weighted by Gasteiger charge is -2.12. The second-order valence-electron chi connectivity index (χ2n) is 6.39. The van der Waals surface area contributed by atoms with Gasteiger partial charge < -0.3 is 10.2 Å². The molecule has 3 rings (SSSR count). The minimum Gasteiger partial charge on any atom is -0.354 e. The van der Waals surface area contributed by atoms with E-state index in [4.69, 9.17) is 5.10 Å². The van der Waals surface area contributed by atoms with Crippen LogP contribution in [0, 0.1) is 0 Å². The van der Waals surface area contributed by atoms with Gasteiger partial charge in [0.2, 0.25) is 11.8 Å². The van der Waals surface area contributed by atoms with Crippen LogP contribution in [0.2, 0.25) is 0 Å². The highest BCUT2D eigenvalue weighted by atomic mass is 16.2. The first-order chi connectivity index (χ1) is 12.1. The fourth-order valence-electron chi connectivity index (χ4n) is 3.24. The van der Waals surface area contributed by atoms with Gasteiger partial charge in [-0.15, -0.1) is 0 Å². The van der Waals surface area contributed by atoms with E-state index in [2.05, 4.69) is 15.3 Å². The average molecular weight is 344 g/mol. The fraction of sp³-hybridized carbons (Fsp3) is 0.588. The number of fused-ring (bicyclic) bond motifs is 1. The highest BCUT2D eigenvalue weighted by Gasteiger charge is 2.30. The van der Waals surface area contributed by atoms with Crippen molar-refractivity contribution in [3.63, 3.8) is 0 Å². The lowest BCUT2D eigenvalue weighted by Crippen LogP contribution is -2.27. The van der Waals surface area contributed by atoms with Crippen molar-refractivity contribution in [2.75, 3.05) is 19.6 Å². The molecule has 0 saturated carbocycles. The second-order valence-corrected chi connectivity index (χ2v) is 6.39. The van der Waals surface area contributed by atoms with Crippen molar-refractivity contribution < 1.29 is 9.59 Å². The fourth-order valence-corrected chi connectivity index (χ4v) is 3.24. The Balaban J connectivity index is 1.77. The second kappa shape index (κ2) is 7.58. The molecule has 25 heavy (non-hydrogen) atoms. The highest BCUT2D eigenvalue weighted by molar-refractivity contribution is 5.76. The van der Waals surface area contributed by atoms with Gasteiger partial charge in [0, 0.05) is 51.3 Å². The van der Waals surface area contributed by atoms with E-state index in [9.17, 15) is 9.59 Å². The SMILES string of the molecule is CCCC(=O)NCCn1nc(C2CCN(C(C)=O)C2)c2nccnc21. The zero-order valence-electron chi connectivity index (χ0n) is 14.7. The third-order valence-electron chi connectivity index (χ3n) is 4.54. The number of amides is 2. The maximum absolute atomic E-state index is 11.6. The first-order valence-electron chi connectivity index (χ1n) is 8.79. The molecule has 1 atom stereocenters. The molecule has 0 aliphatic carbocycles. The summed E-state index contributed by atoms with van der Waals surface area (Å²) in [6.07, 6.45) is 5.57. The first kappa shape index (κ1) is 17.3. The van der Waals surface area contributed by atoms with Crippen LogP contribution in [-0.4, -0.2) is 56.1 Å². The van der Waals surface area contributed by atoms with E-state index >= 15 is 0 Å². The highest BCUT2D eigenvalue weighted by Crippen LogP contribution is 2.30. The summed E-state index contributed by atoms with van der Waals surface area (Å²) in [6.45, 7) is 6.06. The van der Waals surface area contributed by atoms with Crippen molar-refractivity contribution in [3.8, 4) is 0 Å². The topological polar surface area (TPSA) is 93.0 Å². The Hall–Kier alpha value is -2.51. The molecule has 1 aliphatic heterocycles. The average Bonchev–Trinajstić information content (AvgIpc) is 3.20. The van der Waals surface area contributed by atoms with E-state index in [1.165, 1.54) is 0 Å². The molecule has 1 unspecified atom stereocenters. The predicted molar refractivity (Wildman–Crippen MR) is 92.9 cm³/mol. The van der Waals surface area contributed by atoms with Crippen molar-refractivity contribution in [3.05, 3.63) is 18.1 Å². The molecule has 2 amide bonds. The molecule has 0 spiro atoms. The molecule has 8 nitrogen and oxygen atoms in total. The maximum Gasteiger partial charge on any atom is 0.220 e. The Morgan fingerprint density at radius 2 is 2.12 bits per heavy atom. The summed E-state index contributed by atoms with van der Waals surface area (Å²) in [5.41, 5.74) is 2.41. The van der Waals surface area contributed by atoms with Crippen molar-refractivity contribution in [1.29, 1.82) is 0 Å². The van der Waals surface area contributed by atoms with Gasteiger partial charge in [0.1, 0.15) is 5.52 Å². The molecule has 2 aromatic heterocycles. The van der Waals surface area contributed by atoms with Crippen LogP contribution in [0.5, 0.6) is 0 Å². The normalized spacial score (nSPS) is 17.2. The lowest BCUT2D eigenvalue weighted by atomic mass is 10.0. The molecule has 134 valence electrons. The molecule has 2 aromatic rings. The van der Waals surface area contributed by atoms with Crippen LogP contribution >= 0.6 is 0 Å². The van der Waals surface area contributed by atoms with Crippen LogP contribution in [0.3, 0.4) is 0 Å². The Morgan fingerprint density at radius 3 is 2.84 bits per heavy atom. The number of hydrogen-bond acceptors (Lipinski definition) is 5. The van der Waals surface area contributed by atoms with Gasteiger partial charge in [-0.05, 0) is 12.8 Å². The summed E-state index contributed by atoms with van der Waals surface area (Å²) in [4.78, 5) is 33.9. The van der Waals surface area contributed by atoms with Crippen molar-refractivity contribution in [2.45, 2.75) is 45.6 Å². The van der Waals surface area contributed by atoms with Crippen molar-refractivity contribution >= 4 is 23.0 Å². The molecule has 0 aromatic carbocycles. The third-order valence-corrected chi connectivity index (χ3v) is 4.54. The van der Waals surface area contributed by atoms with Crippen LogP contribution in [0.4, 0.5) is 0 Å². The van der Waals surface area contributed by atoms with Crippen molar-refractivity contribution in [1.82, 2.24) is 30.0 Å². The first-order valence-corrected chi connectivity index (χ1v) is 8.79. The molecule has 8 heteroatoms. The quantitative estimate of drug-likeness (QED) is 0.846. The monoisotopic (exact) mass is 344 g/mol. The van der Waals surface area contributed by atoms with Crippen LogP contribution in [0.15, 0.2) is 12.4 Å². The van der Waals surface area contributed by atoms with Crippen LogP contribution < -0.4 is 5.32 Å². The standard InChI is InChI=1S/C17H24N6O2/c1-3-4-14(25)18-8-10-23-17-16(19-6-7-20-17)15(21-23)13-5-9-22(11-13)12(2)24/h6-7,13H,3-5,8-11H2,1-2H3,(H,18,25). The Labute approximate surface area is 146 Å². The van der Waals surface area contributed by atoms with E-state index in [1.54, 1.807) is 24.0 Å². The lowest BCUT2D eigenvalue weighted by molar-refractivity contribution is -0.127. The molecule has 3 heterocycles. The predicted octanol–water partition coefficient (Wildman–Crippen LogP) is 1.08. The molecular weight excluding hydrogens is 320 g/mol. The minimum absolute atomic E-state index is 0.0539. The zero-order valence-corrected chi connectivity index (χ0v) is 14.7. The number of carbonyl (C=O) groups is 2. The smallest absolute Gasteiger partial charge is 0.220 e. The van der Waals surface area contributed by atoms with E-state index in [-0.39, 0.29) is 17.7 Å². The number of aromatic nitrogens is 4. The Bertz CT molecular complexity index is 772. The van der Waals surface area contributed by atoms with Gasteiger partial charge in [-0.25, -0.2) is 14.6 Å². The number of hydrogen-bond donors (Lipinski definition) is 1. The van der Waals surface area contributed by atoms with E-state index in [0.29, 0.717) is 26.1 Å². The van der Waals surface area contributed by atoms with Gasteiger partial charge in [-0.1, -0.05) is 6.92 Å². The minimum atomic E-state index is 0.0539. The Kier molecular flexibility index (Phi) is 5.25. The number of rotatable bonds is 6. The molecule has 1 N–H and O–H groups in total. The van der Waals surface area contributed by atoms with Crippen LogP contribution in [0.25, 0.3) is 11.2 Å². The van der Waals surface area contributed by atoms with Gasteiger partial charge in [-0.2, -0.15) is 5.10 Å². The summed E-state index contributed by atoms with van der Waals surface area (Å²) in [5.74, 6) is 0.327. The molecule has 1 fully saturated rings. The molecular formula is C17H24N6O2. The van der Waals surface area contributed by atoms with Gasteiger partial charge in [0.05, 0.1) is 12.2 Å². The molecule has 0 bridgehead atoms. The summed E-state index contributed by atoms with van der Waals surface area (Å²) in [6, 6.07) is 0. The van der Waals surface area contributed by atoms with Gasteiger partial charge >= 0.3 is 0 Å². The summed E-state index contributed by atoms with van der Waals surface area (Å²) >= 11 is 0. The maximum atomic E-state index is 11.6. The third kappa shape index (κ3) is 3.78. The number of nitrogens with zero attached hydrogens (tertiary/aromatic N) is 5. The van der Waals surface area contributed by atoms with Gasteiger partial charge in [0.15, 0.2) is 5.65 Å². The van der Waals surface area contributed by atoms with Crippen LogP contribution in [-0.2, 0) is 16.1 Å². The number of nitrogens with one attached hydrogen (secondary N) is 1. The zero-order chi connectivity index (χ0) is 17.8. The van der Waals surface area contributed by atoms with Crippen LogP contribution in [0.1, 0.15) is 44.7 Å². The summed E-state index contributed by atoms with van der Waals surface area (Å²) in [5, 5.41) is 7.61. The van der Waals surface area contributed by atoms with Gasteiger partial charge in [0.25, 0.3) is 0 Å². The number of carbonyl (C=O) groups excluding carboxylic acids is 2. The molecule has 0 radical (unpaired) electrons. The van der Waals surface area contributed by atoms with E-state index < -0.39 is 0 Å². The molecule has 1 aliphatic rings. The van der Waals surface area contributed by atoms with E-state index in [0.717, 1.165) is 36.2 Å².